The van der Waals surface area contributed by atoms with Gasteiger partial charge in [-0.15, -0.1) is 0 Å². The van der Waals surface area contributed by atoms with Crippen LogP contribution < -0.4 is 21.9 Å². The number of hydrogen-bond donors (Lipinski definition) is 3. The largest absolute Gasteiger partial charge is 0.548 e. The van der Waals surface area contributed by atoms with E-state index in [4.69, 9.17) is 0 Å². The monoisotopic (exact) mass is 294 g/mol. The summed E-state index contributed by atoms with van der Waals surface area (Å²) in [5.74, 6) is -1.62. The van der Waals surface area contributed by atoms with Crippen molar-refractivity contribution in [2.75, 3.05) is 6.54 Å². The Morgan fingerprint density at radius 1 is 1.19 bits per heavy atom. The van der Waals surface area contributed by atoms with E-state index in [1.165, 1.54) is 0 Å². The molecule has 116 valence electrons. The molecular weight excluding hydrogens is 270 g/mol. The van der Waals surface area contributed by atoms with E-state index in [0.717, 1.165) is 24.9 Å². The number of quaternary nitrogens is 2. The fourth-order valence-electron chi connectivity index (χ4n) is 2.03. The summed E-state index contributed by atoms with van der Waals surface area (Å²) in [7, 11) is 0. The van der Waals surface area contributed by atoms with Crippen LogP contribution in [-0.4, -0.2) is 30.5 Å². The first-order valence-corrected chi connectivity index (χ1v) is 7.22. The summed E-state index contributed by atoms with van der Waals surface area (Å²) >= 11 is 0. The summed E-state index contributed by atoms with van der Waals surface area (Å²) in [5, 5.41) is 13.7. The van der Waals surface area contributed by atoms with Crippen LogP contribution in [0.15, 0.2) is 30.3 Å². The van der Waals surface area contributed by atoms with Crippen LogP contribution in [0.4, 0.5) is 0 Å². The second-order valence-electron chi connectivity index (χ2n) is 5.12. The highest BCUT2D eigenvalue weighted by molar-refractivity contribution is 5.85. The number of aliphatic carboxylic acids is 1. The number of rotatable bonds is 9. The van der Waals surface area contributed by atoms with Gasteiger partial charge in [-0.2, -0.15) is 0 Å². The van der Waals surface area contributed by atoms with Crippen molar-refractivity contribution in [1.29, 1.82) is 0 Å². The first kappa shape index (κ1) is 17.1. The number of carbonyl (C=O) groups excluding carboxylic acids is 2. The lowest BCUT2D eigenvalue weighted by molar-refractivity contribution is -0.406. The van der Waals surface area contributed by atoms with E-state index < -0.39 is 18.1 Å². The molecule has 0 aliphatic heterocycles. The maximum atomic E-state index is 12.0. The van der Waals surface area contributed by atoms with E-state index in [2.05, 4.69) is 16.8 Å². The molecule has 0 fully saturated rings. The highest BCUT2D eigenvalue weighted by Crippen LogP contribution is 2.04. The number of benzene rings is 1. The van der Waals surface area contributed by atoms with Gasteiger partial charge in [0.05, 0.1) is 18.6 Å². The Morgan fingerprint density at radius 3 is 2.43 bits per heavy atom. The quantitative estimate of drug-likeness (QED) is 0.435. The number of carboxylic acids is 1. The number of nitrogens with one attached hydrogen (secondary N) is 1. The third kappa shape index (κ3) is 6.37. The predicted molar refractivity (Wildman–Crippen MR) is 75.4 cm³/mol. The van der Waals surface area contributed by atoms with Gasteiger partial charge in [0.2, 0.25) is 0 Å². The fourth-order valence-corrected chi connectivity index (χ4v) is 2.03. The van der Waals surface area contributed by atoms with Crippen LogP contribution in [0.25, 0.3) is 0 Å². The van der Waals surface area contributed by atoms with Crippen LogP contribution in [-0.2, 0) is 16.0 Å². The number of carboxylic acid groups (broad SMARTS) is 1. The summed E-state index contributed by atoms with van der Waals surface area (Å²) in [6, 6.07) is 7.66. The zero-order valence-corrected chi connectivity index (χ0v) is 12.2. The SMILES string of the molecule is [NH3+]CCCC[C@H]([NH3+])C(=O)N[C@@H](Cc1ccccc1)C(=O)[O-]. The molecular formula is C15H24N3O3+. The van der Waals surface area contributed by atoms with E-state index in [0.29, 0.717) is 6.42 Å². The van der Waals surface area contributed by atoms with Crippen molar-refractivity contribution < 1.29 is 26.2 Å². The van der Waals surface area contributed by atoms with Gasteiger partial charge in [-0.05, 0) is 24.8 Å². The summed E-state index contributed by atoms with van der Waals surface area (Å²) in [6.45, 7) is 0.823. The Morgan fingerprint density at radius 2 is 1.86 bits per heavy atom. The first-order chi connectivity index (χ1) is 10.0. The molecule has 0 aromatic heterocycles. The minimum Gasteiger partial charge on any atom is -0.548 e. The molecule has 0 heterocycles. The Kier molecular flexibility index (Phi) is 7.42. The molecule has 0 radical (unpaired) electrons. The molecule has 1 amide bonds. The van der Waals surface area contributed by atoms with Crippen LogP contribution >= 0.6 is 0 Å². The van der Waals surface area contributed by atoms with Crippen LogP contribution in [0.1, 0.15) is 24.8 Å². The molecule has 7 N–H and O–H groups in total. The molecule has 0 saturated carbocycles. The third-order valence-electron chi connectivity index (χ3n) is 3.31. The van der Waals surface area contributed by atoms with Crippen molar-refractivity contribution in [2.24, 2.45) is 0 Å². The number of hydrogen-bond acceptors (Lipinski definition) is 3. The second kappa shape index (κ2) is 9.10. The summed E-state index contributed by atoms with van der Waals surface area (Å²) < 4.78 is 0. The zero-order chi connectivity index (χ0) is 15.7. The van der Waals surface area contributed by atoms with Crippen LogP contribution in [0, 0.1) is 0 Å². The molecule has 21 heavy (non-hydrogen) atoms. The van der Waals surface area contributed by atoms with Gasteiger partial charge in [-0.1, -0.05) is 30.3 Å². The Balaban J connectivity index is 2.54. The average Bonchev–Trinajstić information content (AvgIpc) is 2.47. The molecule has 6 nitrogen and oxygen atoms in total. The molecule has 0 spiro atoms. The second-order valence-corrected chi connectivity index (χ2v) is 5.12. The maximum Gasteiger partial charge on any atom is 0.278 e. The standard InChI is InChI=1S/C15H23N3O3/c16-9-5-4-8-12(17)14(19)18-13(15(20)21)10-11-6-2-1-3-7-11/h1-3,6-7,12-13H,4-5,8-10,16-17H2,(H,18,19)(H,20,21)/p+1/t12-,13-/m0/s1. The highest BCUT2D eigenvalue weighted by Gasteiger charge is 2.21. The first-order valence-electron chi connectivity index (χ1n) is 7.22. The minimum absolute atomic E-state index is 0.209. The molecule has 0 bridgehead atoms. The van der Waals surface area contributed by atoms with E-state index in [-0.39, 0.29) is 12.3 Å². The van der Waals surface area contributed by atoms with Crippen LogP contribution in [0.5, 0.6) is 0 Å². The van der Waals surface area contributed by atoms with E-state index in [9.17, 15) is 14.7 Å². The van der Waals surface area contributed by atoms with Crippen molar-refractivity contribution in [3.05, 3.63) is 35.9 Å². The Bertz CT molecular complexity index is 451. The van der Waals surface area contributed by atoms with Gasteiger partial charge in [0, 0.05) is 6.42 Å². The number of carbonyl (C=O) groups is 2. The smallest absolute Gasteiger partial charge is 0.278 e. The molecule has 6 heteroatoms. The van der Waals surface area contributed by atoms with Crippen LogP contribution in [0.3, 0.4) is 0 Å². The van der Waals surface area contributed by atoms with Gasteiger partial charge in [-0.3, -0.25) is 4.79 Å². The van der Waals surface area contributed by atoms with Crippen molar-refractivity contribution in [3.8, 4) is 0 Å². The van der Waals surface area contributed by atoms with Gasteiger partial charge in [0.25, 0.3) is 5.91 Å². The Labute approximate surface area is 124 Å². The molecule has 0 aliphatic carbocycles. The lowest BCUT2D eigenvalue weighted by atomic mass is 10.0. The van der Waals surface area contributed by atoms with E-state index >= 15 is 0 Å². The Hall–Kier alpha value is -1.92. The summed E-state index contributed by atoms with van der Waals surface area (Å²) in [4.78, 5) is 23.1. The highest BCUT2D eigenvalue weighted by atomic mass is 16.4. The van der Waals surface area contributed by atoms with Crippen molar-refractivity contribution in [2.45, 2.75) is 37.8 Å². The average molecular weight is 294 g/mol. The summed E-state index contributed by atoms with van der Waals surface area (Å²) in [6.07, 6.45) is 2.64. The van der Waals surface area contributed by atoms with Gasteiger partial charge in [-0.25, -0.2) is 0 Å². The van der Waals surface area contributed by atoms with Gasteiger partial charge in [0.1, 0.15) is 0 Å². The van der Waals surface area contributed by atoms with Crippen molar-refractivity contribution >= 4 is 11.9 Å². The van der Waals surface area contributed by atoms with E-state index in [1.54, 1.807) is 0 Å². The molecule has 0 saturated heterocycles. The minimum atomic E-state index is -1.28. The lowest BCUT2D eigenvalue weighted by Crippen LogP contribution is -2.69. The molecule has 1 aromatic carbocycles. The van der Waals surface area contributed by atoms with E-state index in [1.807, 2.05) is 30.3 Å². The van der Waals surface area contributed by atoms with Crippen LogP contribution in [0.2, 0.25) is 0 Å². The fraction of sp³-hybridized carbons (Fsp3) is 0.467. The third-order valence-corrected chi connectivity index (χ3v) is 3.31. The lowest BCUT2D eigenvalue weighted by Gasteiger charge is -2.21. The normalized spacial score (nSPS) is 13.4. The van der Waals surface area contributed by atoms with Gasteiger partial charge >= 0.3 is 0 Å². The van der Waals surface area contributed by atoms with Crippen molar-refractivity contribution in [1.82, 2.24) is 5.32 Å². The maximum absolute atomic E-state index is 12.0. The van der Waals surface area contributed by atoms with Gasteiger partial charge in [0.15, 0.2) is 6.04 Å². The molecule has 1 rings (SSSR count). The van der Waals surface area contributed by atoms with Gasteiger partial charge < -0.3 is 26.7 Å². The molecule has 1 aromatic rings. The zero-order valence-electron chi connectivity index (χ0n) is 12.2. The summed E-state index contributed by atoms with van der Waals surface area (Å²) in [5.41, 5.74) is 8.36. The topological polar surface area (TPSA) is 125 Å². The number of amides is 1. The molecule has 2 atom stereocenters. The van der Waals surface area contributed by atoms with Crippen molar-refractivity contribution in [3.63, 3.8) is 0 Å². The number of unbranched alkanes of at least 4 members (excludes halogenated alkanes) is 1. The molecule has 0 aliphatic rings. The molecule has 0 unspecified atom stereocenters. The predicted octanol–water partition coefficient (Wildman–Crippen LogP) is -2.51.